The Bertz CT molecular complexity index is 935. The summed E-state index contributed by atoms with van der Waals surface area (Å²) in [7, 11) is 1.69. The molecule has 2 N–H and O–H groups in total. The number of thioether (sulfide) groups is 1. The fraction of sp³-hybridized carbons (Fsp3) is 0.556. The summed E-state index contributed by atoms with van der Waals surface area (Å²) in [5.74, 6) is -0.361. The summed E-state index contributed by atoms with van der Waals surface area (Å²) in [6, 6.07) is -0.593. The quantitative estimate of drug-likeness (QED) is 0.536. The van der Waals surface area contributed by atoms with E-state index in [4.69, 9.17) is 0 Å². The Morgan fingerprint density at radius 3 is 2.89 bits per heavy atom. The van der Waals surface area contributed by atoms with E-state index in [0.29, 0.717) is 11.7 Å². The molecule has 1 aliphatic carbocycles. The average Bonchev–Trinajstić information content (AvgIpc) is 3.21. The van der Waals surface area contributed by atoms with Gasteiger partial charge in [0, 0.05) is 18.5 Å². The number of nitrogens with zero attached hydrogens (tertiary/aromatic N) is 2. The van der Waals surface area contributed by atoms with Crippen LogP contribution in [-0.4, -0.2) is 39.7 Å². The van der Waals surface area contributed by atoms with Crippen LogP contribution in [0.4, 0.5) is 0 Å². The third kappa shape index (κ3) is 4.19. The topological polar surface area (TPSA) is 93.1 Å². The van der Waals surface area contributed by atoms with Crippen LogP contribution in [0.15, 0.2) is 9.95 Å². The minimum absolute atomic E-state index is 0.0466. The maximum absolute atomic E-state index is 12.7. The normalized spacial score (nSPS) is 14.2. The Morgan fingerprint density at radius 2 is 2.15 bits per heavy atom. The first-order valence-electron chi connectivity index (χ1n) is 9.13. The summed E-state index contributed by atoms with van der Waals surface area (Å²) < 4.78 is 1.52. The van der Waals surface area contributed by atoms with Gasteiger partial charge in [-0.2, -0.15) is 0 Å². The van der Waals surface area contributed by atoms with Crippen molar-refractivity contribution in [1.29, 1.82) is 0 Å². The van der Waals surface area contributed by atoms with E-state index in [9.17, 15) is 14.4 Å². The molecule has 27 heavy (non-hydrogen) atoms. The van der Waals surface area contributed by atoms with Crippen LogP contribution in [0, 0.1) is 0 Å². The number of carbonyl (C=O) groups is 2. The van der Waals surface area contributed by atoms with Crippen LogP contribution in [0.25, 0.3) is 10.2 Å². The number of fused-ring (bicyclic) bond motifs is 3. The predicted molar refractivity (Wildman–Crippen MR) is 109 cm³/mol. The standard InChI is InChI=1S/C18H24N4O3S2/c1-4-8-19-15(24)10(2)20-13(23)9-26-18-21-16-14(17(25)22(18)3)11-6-5-7-12(11)27-16/h10H,4-9H2,1-3H3,(H,19,24)(H,20,23)/t10-/m0/s1. The van der Waals surface area contributed by atoms with Gasteiger partial charge in [-0.1, -0.05) is 18.7 Å². The number of hydrogen-bond donors (Lipinski definition) is 2. The fourth-order valence-electron chi connectivity index (χ4n) is 3.11. The molecule has 0 aliphatic heterocycles. The van der Waals surface area contributed by atoms with E-state index >= 15 is 0 Å². The Labute approximate surface area is 165 Å². The van der Waals surface area contributed by atoms with E-state index in [2.05, 4.69) is 15.6 Å². The number of amides is 2. The van der Waals surface area contributed by atoms with Gasteiger partial charge in [0.05, 0.1) is 11.1 Å². The molecule has 0 saturated heterocycles. The van der Waals surface area contributed by atoms with Gasteiger partial charge in [-0.05, 0) is 38.2 Å². The molecule has 3 rings (SSSR count). The molecule has 0 aromatic carbocycles. The monoisotopic (exact) mass is 408 g/mol. The van der Waals surface area contributed by atoms with Crippen molar-refractivity contribution in [1.82, 2.24) is 20.2 Å². The molecular weight excluding hydrogens is 384 g/mol. The fourth-order valence-corrected chi connectivity index (χ4v) is 5.20. The highest BCUT2D eigenvalue weighted by Gasteiger charge is 2.23. The summed E-state index contributed by atoms with van der Waals surface area (Å²) in [5, 5.41) is 6.69. The molecule has 0 spiro atoms. The summed E-state index contributed by atoms with van der Waals surface area (Å²) in [6.45, 7) is 4.21. The van der Waals surface area contributed by atoms with Crippen molar-refractivity contribution in [2.45, 2.75) is 50.7 Å². The second kappa shape index (κ2) is 8.43. The molecule has 146 valence electrons. The molecule has 0 unspecified atom stereocenters. The van der Waals surface area contributed by atoms with Gasteiger partial charge in [0.2, 0.25) is 11.8 Å². The largest absolute Gasteiger partial charge is 0.354 e. The lowest BCUT2D eigenvalue weighted by molar-refractivity contribution is -0.127. The van der Waals surface area contributed by atoms with Crippen molar-refractivity contribution in [3.8, 4) is 0 Å². The summed E-state index contributed by atoms with van der Waals surface area (Å²) in [4.78, 5) is 43.4. The number of aryl methyl sites for hydroxylation is 2. The molecule has 0 bridgehead atoms. The zero-order valence-corrected chi connectivity index (χ0v) is 17.4. The van der Waals surface area contributed by atoms with Crippen molar-refractivity contribution in [2.75, 3.05) is 12.3 Å². The van der Waals surface area contributed by atoms with Gasteiger partial charge in [-0.3, -0.25) is 19.0 Å². The molecule has 9 heteroatoms. The van der Waals surface area contributed by atoms with Crippen LogP contribution in [0.3, 0.4) is 0 Å². The number of rotatable bonds is 7. The van der Waals surface area contributed by atoms with Gasteiger partial charge < -0.3 is 10.6 Å². The number of hydrogen-bond acceptors (Lipinski definition) is 6. The summed E-state index contributed by atoms with van der Waals surface area (Å²) >= 11 is 2.80. The van der Waals surface area contributed by atoms with Gasteiger partial charge in [-0.15, -0.1) is 11.3 Å². The zero-order chi connectivity index (χ0) is 19.6. The maximum Gasteiger partial charge on any atom is 0.262 e. The van der Waals surface area contributed by atoms with Gasteiger partial charge in [0.1, 0.15) is 10.9 Å². The zero-order valence-electron chi connectivity index (χ0n) is 15.8. The molecule has 2 aromatic rings. The summed E-state index contributed by atoms with van der Waals surface area (Å²) in [6.07, 6.45) is 3.90. The molecule has 2 amide bonds. The van der Waals surface area contributed by atoms with Crippen molar-refractivity contribution < 1.29 is 9.59 Å². The molecule has 0 radical (unpaired) electrons. The molecule has 2 heterocycles. The smallest absolute Gasteiger partial charge is 0.262 e. The van der Waals surface area contributed by atoms with Crippen LogP contribution in [-0.2, 0) is 29.5 Å². The Morgan fingerprint density at radius 1 is 1.37 bits per heavy atom. The lowest BCUT2D eigenvalue weighted by Crippen LogP contribution is -2.45. The molecule has 2 aromatic heterocycles. The van der Waals surface area contributed by atoms with Crippen molar-refractivity contribution in [3.63, 3.8) is 0 Å². The SMILES string of the molecule is CCCNC(=O)[C@H](C)NC(=O)CSc1nc2sc3c(c2c(=O)n1C)CCC3. The highest BCUT2D eigenvalue weighted by atomic mass is 32.2. The van der Waals surface area contributed by atoms with Gasteiger partial charge >= 0.3 is 0 Å². The first kappa shape index (κ1) is 19.9. The summed E-state index contributed by atoms with van der Waals surface area (Å²) in [5.41, 5.74) is 1.11. The molecule has 0 fully saturated rings. The second-order valence-corrected chi connectivity index (χ2v) is 8.69. The van der Waals surface area contributed by atoms with E-state index < -0.39 is 6.04 Å². The van der Waals surface area contributed by atoms with E-state index in [1.54, 1.807) is 25.3 Å². The lowest BCUT2D eigenvalue weighted by atomic mass is 10.2. The second-order valence-electron chi connectivity index (χ2n) is 6.66. The van der Waals surface area contributed by atoms with Crippen molar-refractivity contribution in [2.24, 2.45) is 7.05 Å². The number of carbonyl (C=O) groups excluding carboxylic acids is 2. The molecule has 1 atom stereocenters. The van der Waals surface area contributed by atoms with Gasteiger partial charge in [-0.25, -0.2) is 4.98 Å². The van der Waals surface area contributed by atoms with Crippen molar-refractivity contribution in [3.05, 3.63) is 20.8 Å². The third-order valence-electron chi connectivity index (χ3n) is 4.56. The predicted octanol–water partition coefficient (Wildman–Crippen LogP) is 1.61. The Hall–Kier alpha value is -1.87. The van der Waals surface area contributed by atoms with Crippen LogP contribution in [0.1, 0.15) is 37.1 Å². The Balaban J connectivity index is 1.67. The van der Waals surface area contributed by atoms with E-state index in [1.807, 2.05) is 6.92 Å². The van der Waals surface area contributed by atoms with Crippen LogP contribution >= 0.6 is 23.1 Å². The molecule has 0 saturated carbocycles. The van der Waals surface area contributed by atoms with Crippen LogP contribution < -0.4 is 16.2 Å². The highest BCUT2D eigenvalue weighted by molar-refractivity contribution is 7.99. The lowest BCUT2D eigenvalue weighted by Gasteiger charge is -2.14. The van der Waals surface area contributed by atoms with Gasteiger partial charge in [0.25, 0.3) is 5.56 Å². The minimum atomic E-state index is -0.593. The average molecular weight is 409 g/mol. The molecule has 1 aliphatic rings. The maximum atomic E-state index is 12.7. The number of nitrogens with one attached hydrogen (secondary N) is 2. The first-order chi connectivity index (χ1) is 12.9. The molecule has 7 nitrogen and oxygen atoms in total. The van der Waals surface area contributed by atoms with E-state index in [-0.39, 0.29) is 23.1 Å². The number of aromatic nitrogens is 2. The Kier molecular flexibility index (Phi) is 6.21. The highest BCUT2D eigenvalue weighted by Crippen LogP contribution is 2.35. The van der Waals surface area contributed by atoms with E-state index in [0.717, 1.165) is 41.5 Å². The van der Waals surface area contributed by atoms with E-state index in [1.165, 1.54) is 21.2 Å². The van der Waals surface area contributed by atoms with Gasteiger partial charge in [0.15, 0.2) is 5.16 Å². The number of thiophene rings is 1. The molecular formula is C18H24N4O3S2. The van der Waals surface area contributed by atoms with Crippen LogP contribution in [0.5, 0.6) is 0 Å². The third-order valence-corrected chi connectivity index (χ3v) is 6.77. The first-order valence-corrected chi connectivity index (χ1v) is 10.9. The van der Waals surface area contributed by atoms with Crippen molar-refractivity contribution >= 4 is 45.1 Å². The minimum Gasteiger partial charge on any atom is -0.354 e. The van der Waals surface area contributed by atoms with Crippen LogP contribution in [0.2, 0.25) is 0 Å².